The van der Waals surface area contributed by atoms with Crippen molar-refractivity contribution in [2.45, 2.75) is 20.4 Å². The molecule has 3 heterocycles. The summed E-state index contributed by atoms with van der Waals surface area (Å²) in [6.45, 7) is 2.98. The molecule has 0 aromatic carbocycles. The van der Waals surface area contributed by atoms with Crippen LogP contribution in [0.3, 0.4) is 0 Å². The van der Waals surface area contributed by atoms with Crippen LogP contribution in [-0.2, 0) is 6.54 Å². The zero-order valence-corrected chi connectivity index (χ0v) is 11.0. The first-order valence-corrected chi connectivity index (χ1v) is 5.87. The summed E-state index contributed by atoms with van der Waals surface area (Å²) in [5, 5.41) is 20.3. The van der Waals surface area contributed by atoms with Crippen LogP contribution in [0.15, 0.2) is 13.8 Å². The monoisotopic (exact) mass is 291 g/mol. The van der Waals surface area contributed by atoms with Gasteiger partial charge < -0.3 is 14.2 Å². The second-order valence-electron chi connectivity index (χ2n) is 4.31. The lowest BCUT2D eigenvalue weighted by atomic mass is 10.2. The lowest BCUT2D eigenvalue weighted by molar-refractivity contribution is 0.0689. The summed E-state index contributed by atoms with van der Waals surface area (Å²) >= 11 is 0. The van der Waals surface area contributed by atoms with E-state index in [2.05, 4.69) is 20.4 Å². The number of rotatable bonds is 3. The first kappa shape index (κ1) is 13.0. The number of hydrogen-bond acceptors (Lipinski definition) is 8. The summed E-state index contributed by atoms with van der Waals surface area (Å²) in [6, 6.07) is 0. The Morgan fingerprint density at radius 3 is 2.67 bits per heavy atom. The summed E-state index contributed by atoms with van der Waals surface area (Å²) in [4.78, 5) is 27.4. The van der Waals surface area contributed by atoms with Crippen molar-refractivity contribution >= 4 is 16.9 Å². The van der Waals surface area contributed by atoms with E-state index in [1.807, 2.05) is 0 Å². The molecule has 0 amide bonds. The van der Waals surface area contributed by atoms with Gasteiger partial charge in [-0.2, -0.15) is 10.1 Å². The number of nitrogens with zero attached hydrogens (tertiary/aromatic N) is 5. The van der Waals surface area contributed by atoms with Gasteiger partial charge in [-0.1, -0.05) is 10.3 Å². The zero-order chi connectivity index (χ0) is 15.1. The van der Waals surface area contributed by atoms with E-state index < -0.39 is 11.5 Å². The highest BCUT2D eigenvalue weighted by Gasteiger charge is 2.22. The summed E-state index contributed by atoms with van der Waals surface area (Å²) in [5.74, 6) is -0.539. The Kier molecular flexibility index (Phi) is 2.78. The van der Waals surface area contributed by atoms with Gasteiger partial charge in [-0.05, 0) is 13.8 Å². The molecule has 3 rings (SSSR count). The predicted octanol–water partition coefficient (Wildman–Crippen LogP) is 0.131. The van der Waals surface area contributed by atoms with E-state index in [4.69, 9.17) is 9.05 Å². The SMILES string of the molecule is Cc1noc(Cn2nc(C(=O)O)c3c(C)onc3c2=O)n1. The molecular formula is C11H9N5O5. The van der Waals surface area contributed by atoms with Crippen LogP contribution < -0.4 is 5.56 Å². The minimum atomic E-state index is -1.29. The molecule has 108 valence electrons. The molecule has 10 heteroatoms. The number of hydrogen-bond donors (Lipinski definition) is 1. The maximum atomic E-state index is 12.2. The zero-order valence-electron chi connectivity index (χ0n) is 11.0. The number of carbonyl (C=O) groups is 1. The van der Waals surface area contributed by atoms with E-state index in [9.17, 15) is 14.7 Å². The van der Waals surface area contributed by atoms with E-state index in [0.717, 1.165) is 4.68 Å². The van der Waals surface area contributed by atoms with Crippen LogP contribution in [0.5, 0.6) is 0 Å². The number of fused-ring (bicyclic) bond motifs is 1. The number of aromatic carboxylic acids is 1. The molecule has 0 fully saturated rings. The molecule has 0 saturated heterocycles. The van der Waals surface area contributed by atoms with E-state index in [0.29, 0.717) is 5.82 Å². The molecule has 0 atom stereocenters. The number of aryl methyl sites for hydroxylation is 2. The predicted molar refractivity (Wildman–Crippen MR) is 65.9 cm³/mol. The van der Waals surface area contributed by atoms with Crippen molar-refractivity contribution in [2.24, 2.45) is 0 Å². The standard InChI is InChI=1S/C11H9N5O5/c1-4-7-8(15-20-4)10(17)16(13-9(7)11(18)19)3-6-12-5(2)14-21-6/h3H2,1-2H3,(H,18,19). The van der Waals surface area contributed by atoms with Gasteiger partial charge in [0.15, 0.2) is 17.0 Å². The highest BCUT2D eigenvalue weighted by atomic mass is 16.5. The van der Waals surface area contributed by atoms with E-state index >= 15 is 0 Å². The van der Waals surface area contributed by atoms with Gasteiger partial charge >= 0.3 is 5.97 Å². The minimum Gasteiger partial charge on any atom is -0.476 e. The molecule has 1 N–H and O–H groups in total. The lowest BCUT2D eigenvalue weighted by Crippen LogP contribution is -2.26. The second-order valence-corrected chi connectivity index (χ2v) is 4.31. The third-order valence-corrected chi connectivity index (χ3v) is 2.81. The van der Waals surface area contributed by atoms with Gasteiger partial charge in [0.2, 0.25) is 5.89 Å². The smallest absolute Gasteiger partial charge is 0.357 e. The quantitative estimate of drug-likeness (QED) is 0.713. The highest BCUT2D eigenvalue weighted by Crippen LogP contribution is 2.17. The van der Waals surface area contributed by atoms with Crippen molar-refractivity contribution in [3.8, 4) is 0 Å². The number of aromatic nitrogens is 5. The van der Waals surface area contributed by atoms with Crippen molar-refractivity contribution in [1.29, 1.82) is 0 Å². The third kappa shape index (κ3) is 2.06. The molecule has 0 unspecified atom stereocenters. The Morgan fingerprint density at radius 1 is 1.29 bits per heavy atom. The summed E-state index contributed by atoms with van der Waals surface area (Å²) < 4.78 is 10.7. The highest BCUT2D eigenvalue weighted by molar-refractivity contribution is 6.00. The number of carboxylic acid groups (broad SMARTS) is 1. The lowest BCUT2D eigenvalue weighted by Gasteiger charge is -2.03. The topological polar surface area (TPSA) is 137 Å². The molecule has 3 aromatic heterocycles. The van der Waals surface area contributed by atoms with Crippen molar-refractivity contribution in [3.63, 3.8) is 0 Å². The molecule has 0 bridgehead atoms. The average molecular weight is 291 g/mol. The van der Waals surface area contributed by atoms with Crippen molar-refractivity contribution in [2.75, 3.05) is 0 Å². The van der Waals surface area contributed by atoms with Gasteiger partial charge in [-0.25, -0.2) is 9.48 Å². The Morgan fingerprint density at radius 2 is 2.05 bits per heavy atom. The molecule has 21 heavy (non-hydrogen) atoms. The van der Waals surface area contributed by atoms with Crippen molar-refractivity contribution in [1.82, 2.24) is 25.1 Å². The first-order valence-electron chi connectivity index (χ1n) is 5.87. The van der Waals surface area contributed by atoms with Crippen molar-refractivity contribution in [3.05, 3.63) is 33.5 Å². The van der Waals surface area contributed by atoms with Crippen LogP contribution in [-0.4, -0.2) is 36.2 Å². The Hall–Kier alpha value is -3.04. The number of carboxylic acids is 1. The van der Waals surface area contributed by atoms with Gasteiger partial charge in [-0.15, -0.1) is 0 Å². The molecule has 3 aromatic rings. The van der Waals surface area contributed by atoms with Crippen LogP contribution in [0, 0.1) is 13.8 Å². The maximum absolute atomic E-state index is 12.2. The van der Waals surface area contributed by atoms with Gasteiger partial charge in [0.25, 0.3) is 5.56 Å². The van der Waals surface area contributed by atoms with E-state index in [1.165, 1.54) is 6.92 Å². The molecule has 0 aliphatic carbocycles. The molecule has 10 nitrogen and oxygen atoms in total. The Labute approximate surface area is 116 Å². The van der Waals surface area contributed by atoms with E-state index in [-0.39, 0.29) is 34.8 Å². The van der Waals surface area contributed by atoms with Gasteiger partial charge in [0, 0.05) is 0 Å². The Balaban J connectivity index is 2.21. The summed E-state index contributed by atoms with van der Waals surface area (Å²) in [7, 11) is 0. The van der Waals surface area contributed by atoms with Crippen molar-refractivity contribution < 1.29 is 18.9 Å². The Bertz CT molecular complexity index is 906. The van der Waals surface area contributed by atoms with Crippen LogP contribution in [0.1, 0.15) is 28.0 Å². The van der Waals surface area contributed by atoms with Crippen LogP contribution >= 0.6 is 0 Å². The summed E-state index contributed by atoms with van der Waals surface area (Å²) in [5.41, 5.74) is -1.02. The normalized spacial score (nSPS) is 11.1. The van der Waals surface area contributed by atoms with Crippen LogP contribution in [0.4, 0.5) is 0 Å². The van der Waals surface area contributed by atoms with E-state index in [1.54, 1.807) is 6.92 Å². The molecule has 0 saturated carbocycles. The first-order chi connectivity index (χ1) is 9.97. The molecular weight excluding hydrogens is 282 g/mol. The largest absolute Gasteiger partial charge is 0.476 e. The molecule has 0 radical (unpaired) electrons. The minimum absolute atomic E-state index is 0.0884. The molecule has 0 aliphatic rings. The van der Waals surface area contributed by atoms with Crippen LogP contribution in [0.25, 0.3) is 10.9 Å². The fraction of sp³-hybridized carbons (Fsp3) is 0.273. The fourth-order valence-electron chi connectivity index (χ4n) is 1.92. The molecule has 0 spiro atoms. The van der Waals surface area contributed by atoms with Crippen LogP contribution in [0.2, 0.25) is 0 Å². The van der Waals surface area contributed by atoms with Gasteiger partial charge in [0.05, 0.1) is 5.39 Å². The molecule has 0 aliphatic heterocycles. The van der Waals surface area contributed by atoms with Gasteiger partial charge in [-0.3, -0.25) is 4.79 Å². The second kappa shape index (κ2) is 4.51. The summed E-state index contributed by atoms with van der Waals surface area (Å²) in [6.07, 6.45) is 0. The van der Waals surface area contributed by atoms with Gasteiger partial charge in [0.1, 0.15) is 12.3 Å². The third-order valence-electron chi connectivity index (χ3n) is 2.81. The maximum Gasteiger partial charge on any atom is 0.357 e. The fourth-order valence-corrected chi connectivity index (χ4v) is 1.92. The average Bonchev–Trinajstić information content (AvgIpc) is 3.00.